The van der Waals surface area contributed by atoms with Gasteiger partial charge in [-0.3, -0.25) is 4.98 Å². The highest BCUT2D eigenvalue weighted by molar-refractivity contribution is 5.49. The van der Waals surface area contributed by atoms with Crippen molar-refractivity contribution in [3.63, 3.8) is 0 Å². The van der Waals surface area contributed by atoms with Crippen LogP contribution in [0.1, 0.15) is 25.2 Å². The minimum atomic E-state index is 0.505. The van der Waals surface area contributed by atoms with Crippen LogP contribution in [-0.4, -0.2) is 19.7 Å². The van der Waals surface area contributed by atoms with Gasteiger partial charge in [0.25, 0.3) is 0 Å². The number of aromatic nitrogens is 4. The third kappa shape index (κ3) is 2.73. The molecule has 0 unspecified atom stereocenters. The number of aryl methyl sites for hydroxylation is 1. The molecule has 0 aromatic carbocycles. The van der Waals surface area contributed by atoms with Crippen LogP contribution in [0.2, 0.25) is 0 Å². The van der Waals surface area contributed by atoms with E-state index >= 15 is 0 Å². The van der Waals surface area contributed by atoms with Crippen LogP contribution in [0.4, 0.5) is 0 Å². The molecule has 5 nitrogen and oxygen atoms in total. The van der Waals surface area contributed by atoms with E-state index in [0.29, 0.717) is 12.5 Å². The van der Waals surface area contributed by atoms with Gasteiger partial charge in [0, 0.05) is 26.2 Å². The number of hydrogen-bond donors (Lipinski definition) is 1. The molecule has 0 radical (unpaired) electrons. The molecule has 0 atom stereocenters. The molecule has 5 heteroatoms. The van der Waals surface area contributed by atoms with Crippen molar-refractivity contribution in [2.24, 2.45) is 18.7 Å². The van der Waals surface area contributed by atoms with Crippen LogP contribution in [0.15, 0.2) is 18.3 Å². The second-order valence-electron chi connectivity index (χ2n) is 4.83. The molecule has 0 saturated heterocycles. The van der Waals surface area contributed by atoms with E-state index in [1.807, 2.05) is 19.2 Å². The Morgan fingerprint density at radius 2 is 2.11 bits per heavy atom. The lowest BCUT2D eigenvalue weighted by molar-refractivity contribution is 0.613. The van der Waals surface area contributed by atoms with E-state index in [9.17, 15) is 0 Å². The molecule has 0 amide bonds. The average Bonchev–Trinajstić information content (AvgIpc) is 2.69. The number of pyridine rings is 1. The lowest BCUT2D eigenvalue weighted by Crippen LogP contribution is -1.99. The van der Waals surface area contributed by atoms with Gasteiger partial charge in [0.2, 0.25) is 0 Å². The average molecular weight is 245 g/mol. The van der Waals surface area contributed by atoms with Crippen LogP contribution in [0.3, 0.4) is 0 Å². The second kappa shape index (κ2) is 5.27. The summed E-state index contributed by atoms with van der Waals surface area (Å²) in [5.74, 6) is 2.22. The first-order chi connectivity index (χ1) is 8.60. The van der Waals surface area contributed by atoms with Gasteiger partial charge in [-0.2, -0.15) is 5.10 Å². The van der Waals surface area contributed by atoms with Gasteiger partial charge in [0.1, 0.15) is 5.69 Å². The number of nitrogens with two attached hydrogens (primary N) is 1. The molecule has 2 heterocycles. The fourth-order valence-electron chi connectivity index (χ4n) is 1.79. The maximum Gasteiger partial charge on any atom is 0.176 e. The van der Waals surface area contributed by atoms with Gasteiger partial charge in [-0.05, 0) is 17.5 Å². The number of hydrogen-bond acceptors (Lipinski definition) is 4. The van der Waals surface area contributed by atoms with E-state index in [1.165, 1.54) is 0 Å². The van der Waals surface area contributed by atoms with Crippen molar-refractivity contribution in [3.8, 4) is 11.5 Å². The van der Waals surface area contributed by atoms with Crippen molar-refractivity contribution in [2.75, 3.05) is 0 Å². The fraction of sp³-hybridized carbons (Fsp3) is 0.462. The first-order valence-corrected chi connectivity index (χ1v) is 6.15. The van der Waals surface area contributed by atoms with Gasteiger partial charge in [0.15, 0.2) is 11.6 Å². The summed E-state index contributed by atoms with van der Waals surface area (Å²) in [5, 5.41) is 4.41. The summed E-state index contributed by atoms with van der Waals surface area (Å²) >= 11 is 0. The summed E-state index contributed by atoms with van der Waals surface area (Å²) in [7, 11) is 1.89. The topological polar surface area (TPSA) is 69.6 Å². The van der Waals surface area contributed by atoms with Crippen molar-refractivity contribution >= 4 is 0 Å². The van der Waals surface area contributed by atoms with Crippen LogP contribution in [-0.2, 0) is 20.0 Å². The molecule has 96 valence electrons. The Kier molecular flexibility index (Phi) is 3.72. The zero-order valence-corrected chi connectivity index (χ0v) is 11.1. The molecule has 0 aliphatic heterocycles. The van der Waals surface area contributed by atoms with Crippen LogP contribution >= 0.6 is 0 Å². The minimum absolute atomic E-state index is 0.505. The standard InChI is InChI=1S/C13H19N5/c1-9(2)6-12-16-13(18(3)17-12)11-5-4-10(7-14)8-15-11/h4-5,8-9H,6-7,14H2,1-3H3. The summed E-state index contributed by atoms with van der Waals surface area (Å²) in [6, 6.07) is 3.91. The van der Waals surface area contributed by atoms with Gasteiger partial charge in [-0.1, -0.05) is 19.9 Å². The molecule has 0 aliphatic carbocycles. The first-order valence-electron chi connectivity index (χ1n) is 6.15. The van der Waals surface area contributed by atoms with E-state index in [0.717, 1.165) is 29.3 Å². The van der Waals surface area contributed by atoms with E-state index in [2.05, 4.69) is 28.9 Å². The number of nitrogens with zero attached hydrogens (tertiary/aromatic N) is 4. The molecule has 0 spiro atoms. The molecule has 2 N–H and O–H groups in total. The number of rotatable bonds is 4. The van der Waals surface area contributed by atoms with Crippen molar-refractivity contribution in [3.05, 3.63) is 29.7 Å². The molecule has 0 saturated carbocycles. The van der Waals surface area contributed by atoms with Crippen molar-refractivity contribution in [2.45, 2.75) is 26.8 Å². The third-order valence-corrected chi connectivity index (χ3v) is 2.69. The van der Waals surface area contributed by atoms with E-state index in [1.54, 1.807) is 10.9 Å². The highest BCUT2D eigenvalue weighted by atomic mass is 15.3. The van der Waals surface area contributed by atoms with Crippen molar-refractivity contribution in [1.82, 2.24) is 19.7 Å². The summed E-state index contributed by atoms with van der Waals surface area (Å²) in [5.41, 5.74) is 7.40. The van der Waals surface area contributed by atoms with E-state index in [-0.39, 0.29) is 0 Å². The maximum absolute atomic E-state index is 5.55. The lowest BCUT2D eigenvalue weighted by Gasteiger charge is -2.00. The zero-order chi connectivity index (χ0) is 13.1. The summed E-state index contributed by atoms with van der Waals surface area (Å²) in [6.45, 7) is 4.82. The Morgan fingerprint density at radius 3 is 2.67 bits per heavy atom. The van der Waals surface area contributed by atoms with Gasteiger partial charge in [0.05, 0.1) is 0 Å². The quantitative estimate of drug-likeness (QED) is 0.887. The van der Waals surface area contributed by atoms with Gasteiger partial charge in [-0.15, -0.1) is 0 Å². The van der Waals surface area contributed by atoms with Gasteiger partial charge >= 0.3 is 0 Å². The highest BCUT2D eigenvalue weighted by Gasteiger charge is 2.11. The van der Waals surface area contributed by atoms with Crippen molar-refractivity contribution < 1.29 is 0 Å². The van der Waals surface area contributed by atoms with Gasteiger partial charge in [-0.25, -0.2) is 9.67 Å². The molecule has 0 bridgehead atoms. The van der Waals surface area contributed by atoms with Gasteiger partial charge < -0.3 is 5.73 Å². The summed E-state index contributed by atoms with van der Waals surface area (Å²) in [4.78, 5) is 8.90. The van der Waals surface area contributed by atoms with E-state index < -0.39 is 0 Å². The second-order valence-corrected chi connectivity index (χ2v) is 4.83. The Balaban J connectivity index is 2.29. The largest absolute Gasteiger partial charge is 0.326 e. The van der Waals surface area contributed by atoms with E-state index in [4.69, 9.17) is 5.73 Å². The van der Waals surface area contributed by atoms with Crippen LogP contribution in [0.5, 0.6) is 0 Å². The molecular weight excluding hydrogens is 226 g/mol. The van der Waals surface area contributed by atoms with Crippen molar-refractivity contribution in [1.29, 1.82) is 0 Å². The van der Waals surface area contributed by atoms with Crippen LogP contribution < -0.4 is 5.73 Å². The third-order valence-electron chi connectivity index (χ3n) is 2.69. The monoisotopic (exact) mass is 245 g/mol. The molecule has 2 aromatic rings. The molecule has 0 aliphatic rings. The fourth-order valence-corrected chi connectivity index (χ4v) is 1.79. The normalized spacial score (nSPS) is 11.2. The summed E-state index contributed by atoms with van der Waals surface area (Å²) < 4.78 is 1.78. The molecule has 2 aromatic heterocycles. The predicted molar refractivity (Wildman–Crippen MR) is 70.7 cm³/mol. The highest BCUT2D eigenvalue weighted by Crippen LogP contribution is 2.15. The lowest BCUT2D eigenvalue weighted by atomic mass is 10.1. The van der Waals surface area contributed by atoms with Crippen LogP contribution in [0.25, 0.3) is 11.5 Å². The zero-order valence-electron chi connectivity index (χ0n) is 11.1. The Morgan fingerprint density at radius 1 is 1.33 bits per heavy atom. The molecule has 0 fully saturated rings. The maximum atomic E-state index is 5.55. The van der Waals surface area contributed by atoms with Crippen LogP contribution in [0, 0.1) is 5.92 Å². The smallest absolute Gasteiger partial charge is 0.176 e. The predicted octanol–water partition coefficient (Wildman–Crippen LogP) is 1.53. The molecular formula is C13H19N5. The minimum Gasteiger partial charge on any atom is -0.326 e. The molecule has 18 heavy (non-hydrogen) atoms. The SMILES string of the molecule is CC(C)Cc1nc(-c2ccc(CN)cn2)n(C)n1. The first kappa shape index (κ1) is 12.7. The summed E-state index contributed by atoms with van der Waals surface area (Å²) in [6.07, 6.45) is 2.67. The Bertz CT molecular complexity index is 513. The molecule has 2 rings (SSSR count). The Hall–Kier alpha value is -1.75. The Labute approximate surface area is 107 Å².